The van der Waals surface area contributed by atoms with E-state index in [0.29, 0.717) is 6.54 Å². The Morgan fingerprint density at radius 1 is 1.04 bits per heavy atom. The van der Waals surface area contributed by atoms with Crippen LogP contribution in [0.3, 0.4) is 0 Å². The lowest BCUT2D eigenvalue weighted by atomic mass is 10.2. The van der Waals surface area contributed by atoms with E-state index in [1.807, 2.05) is 30.3 Å². The van der Waals surface area contributed by atoms with Gasteiger partial charge in [-0.3, -0.25) is 9.78 Å². The topological polar surface area (TPSA) is 54.0 Å². The second kappa shape index (κ2) is 7.04. The fourth-order valence-electron chi connectivity index (χ4n) is 2.35. The van der Waals surface area contributed by atoms with Gasteiger partial charge in [0.25, 0.3) is 0 Å². The minimum atomic E-state index is -0.993. The number of nitrogens with zero attached hydrogens (tertiary/aromatic N) is 1. The fraction of sp³-hybridized carbons (Fsp3) is 0.111. The van der Waals surface area contributed by atoms with Gasteiger partial charge in [0.2, 0.25) is 5.91 Å². The number of amides is 1. The van der Waals surface area contributed by atoms with Crippen LogP contribution in [0, 0.1) is 11.6 Å². The minimum Gasteiger partial charge on any atom is -0.383 e. The molecular weight excluding hydrogens is 312 g/mol. The molecule has 6 heteroatoms. The normalized spacial score (nSPS) is 10.6. The third kappa shape index (κ3) is 3.65. The van der Waals surface area contributed by atoms with Crippen LogP contribution in [0.5, 0.6) is 0 Å². The fourth-order valence-corrected chi connectivity index (χ4v) is 2.35. The number of hydrogen-bond acceptors (Lipinski definition) is 3. The molecule has 4 nitrogen and oxygen atoms in total. The molecule has 24 heavy (non-hydrogen) atoms. The number of carbonyl (C=O) groups is 1. The van der Waals surface area contributed by atoms with Crippen molar-refractivity contribution in [1.29, 1.82) is 0 Å². The van der Waals surface area contributed by atoms with Crippen molar-refractivity contribution in [3.63, 3.8) is 0 Å². The van der Waals surface area contributed by atoms with Crippen LogP contribution in [0.15, 0.2) is 54.7 Å². The van der Waals surface area contributed by atoms with E-state index in [4.69, 9.17) is 0 Å². The summed E-state index contributed by atoms with van der Waals surface area (Å²) in [6, 6.07) is 12.8. The molecule has 0 radical (unpaired) electrons. The Morgan fingerprint density at radius 2 is 1.88 bits per heavy atom. The highest BCUT2D eigenvalue weighted by Gasteiger charge is 2.07. The highest BCUT2D eigenvalue weighted by molar-refractivity contribution is 5.92. The van der Waals surface area contributed by atoms with E-state index in [1.54, 1.807) is 6.20 Å². The van der Waals surface area contributed by atoms with E-state index >= 15 is 0 Å². The standard InChI is InChI=1S/C18H15F2N3O/c19-14-7-6-13(11-15(14)20)23-17(24)8-10-21-16-5-1-3-12-4-2-9-22-18(12)16/h1-7,9,11,21H,8,10H2,(H,23,24). The maximum atomic E-state index is 13.1. The summed E-state index contributed by atoms with van der Waals surface area (Å²) in [4.78, 5) is 16.2. The largest absolute Gasteiger partial charge is 0.383 e. The molecule has 122 valence electrons. The first-order valence-corrected chi connectivity index (χ1v) is 7.46. The van der Waals surface area contributed by atoms with Crippen LogP contribution in [0.4, 0.5) is 20.2 Å². The van der Waals surface area contributed by atoms with E-state index in [2.05, 4.69) is 15.6 Å². The number of para-hydroxylation sites is 1. The molecule has 1 aromatic heterocycles. The van der Waals surface area contributed by atoms with Gasteiger partial charge in [-0.15, -0.1) is 0 Å². The zero-order chi connectivity index (χ0) is 16.9. The number of halogens is 2. The summed E-state index contributed by atoms with van der Waals surface area (Å²) in [5.41, 5.74) is 1.90. The first-order valence-electron chi connectivity index (χ1n) is 7.46. The molecule has 0 aliphatic heterocycles. The molecule has 1 heterocycles. The zero-order valence-electron chi connectivity index (χ0n) is 12.7. The van der Waals surface area contributed by atoms with Gasteiger partial charge in [0.15, 0.2) is 11.6 Å². The number of anilines is 2. The summed E-state index contributed by atoms with van der Waals surface area (Å²) in [7, 11) is 0. The van der Waals surface area contributed by atoms with Crippen molar-refractivity contribution in [3.8, 4) is 0 Å². The summed E-state index contributed by atoms with van der Waals surface area (Å²) >= 11 is 0. The third-order valence-corrected chi connectivity index (χ3v) is 3.50. The Kier molecular flexibility index (Phi) is 4.65. The lowest BCUT2D eigenvalue weighted by molar-refractivity contribution is -0.115. The lowest BCUT2D eigenvalue weighted by Crippen LogP contribution is -2.16. The Morgan fingerprint density at radius 3 is 2.71 bits per heavy atom. The number of carbonyl (C=O) groups excluding carboxylic acids is 1. The number of fused-ring (bicyclic) bond motifs is 1. The molecule has 1 amide bonds. The van der Waals surface area contributed by atoms with Crippen molar-refractivity contribution >= 4 is 28.2 Å². The van der Waals surface area contributed by atoms with Crippen molar-refractivity contribution in [2.45, 2.75) is 6.42 Å². The molecule has 0 bridgehead atoms. The summed E-state index contributed by atoms with van der Waals surface area (Å²) in [5.74, 6) is -2.23. The van der Waals surface area contributed by atoms with Gasteiger partial charge < -0.3 is 10.6 Å². The predicted molar refractivity (Wildman–Crippen MR) is 89.8 cm³/mol. The summed E-state index contributed by atoms with van der Waals surface area (Å²) < 4.78 is 26.0. The maximum Gasteiger partial charge on any atom is 0.226 e. The van der Waals surface area contributed by atoms with Gasteiger partial charge in [-0.1, -0.05) is 18.2 Å². The van der Waals surface area contributed by atoms with Gasteiger partial charge in [-0.2, -0.15) is 0 Å². The Bertz CT molecular complexity index is 878. The van der Waals surface area contributed by atoms with Crippen LogP contribution in [0.25, 0.3) is 10.9 Å². The predicted octanol–water partition coefficient (Wildman–Crippen LogP) is 3.95. The third-order valence-electron chi connectivity index (χ3n) is 3.50. The van der Waals surface area contributed by atoms with Gasteiger partial charge in [0, 0.05) is 36.3 Å². The van der Waals surface area contributed by atoms with E-state index in [9.17, 15) is 13.6 Å². The Labute approximate surface area is 137 Å². The SMILES string of the molecule is O=C(CCNc1cccc2cccnc12)Nc1ccc(F)c(F)c1. The van der Waals surface area contributed by atoms with E-state index in [1.165, 1.54) is 6.07 Å². The minimum absolute atomic E-state index is 0.183. The van der Waals surface area contributed by atoms with Crippen LogP contribution in [-0.2, 0) is 4.79 Å². The average molecular weight is 327 g/mol. The van der Waals surface area contributed by atoms with E-state index in [-0.39, 0.29) is 18.0 Å². The van der Waals surface area contributed by atoms with Crippen LogP contribution in [0.1, 0.15) is 6.42 Å². The zero-order valence-corrected chi connectivity index (χ0v) is 12.7. The monoisotopic (exact) mass is 327 g/mol. The van der Waals surface area contributed by atoms with Gasteiger partial charge in [0.05, 0.1) is 11.2 Å². The van der Waals surface area contributed by atoms with E-state index in [0.717, 1.165) is 28.7 Å². The molecule has 0 aliphatic rings. The molecule has 0 saturated heterocycles. The Balaban J connectivity index is 1.57. The first kappa shape index (κ1) is 15.9. The van der Waals surface area contributed by atoms with Crippen molar-refractivity contribution in [2.75, 3.05) is 17.2 Å². The molecule has 0 fully saturated rings. The van der Waals surface area contributed by atoms with Crippen LogP contribution in [0.2, 0.25) is 0 Å². The number of aromatic nitrogens is 1. The number of nitrogens with one attached hydrogen (secondary N) is 2. The molecule has 0 atom stereocenters. The van der Waals surface area contributed by atoms with Crippen LogP contribution < -0.4 is 10.6 Å². The second-order valence-electron chi connectivity index (χ2n) is 5.23. The molecule has 0 unspecified atom stereocenters. The molecule has 3 aromatic rings. The summed E-state index contributed by atoms with van der Waals surface area (Å²) in [6.45, 7) is 0.394. The van der Waals surface area contributed by atoms with Gasteiger partial charge >= 0.3 is 0 Å². The van der Waals surface area contributed by atoms with Crippen molar-refractivity contribution in [2.24, 2.45) is 0 Å². The van der Waals surface area contributed by atoms with Crippen molar-refractivity contribution in [1.82, 2.24) is 4.98 Å². The number of pyridine rings is 1. The summed E-state index contributed by atoms with van der Waals surface area (Å²) in [6.07, 6.45) is 1.89. The quantitative estimate of drug-likeness (QED) is 0.746. The highest BCUT2D eigenvalue weighted by Crippen LogP contribution is 2.20. The lowest BCUT2D eigenvalue weighted by Gasteiger charge is -2.09. The molecule has 2 N–H and O–H groups in total. The number of rotatable bonds is 5. The van der Waals surface area contributed by atoms with E-state index < -0.39 is 11.6 Å². The summed E-state index contributed by atoms with van der Waals surface area (Å²) in [5, 5.41) is 6.71. The van der Waals surface area contributed by atoms with Crippen LogP contribution >= 0.6 is 0 Å². The second-order valence-corrected chi connectivity index (χ2v) is 5.23. The molecule has 3 rings (SSSR count). The molecule has 2 aromatic carbocycles. The number of benzene rings is 2. The molecular formula is C18H15F2N3O. The highest BCUT2D eigenvalue weighted by atomic mass is 19.2. The van der Waals surface area contributed by atoms with Crippen molar-refractivity contribution < 1.29 is 13.6 Å². The van der Waals surface area contributed by atoms with Crippen molar-refractivity contribution in [3.05, 3.63) is 66.4 Å². The van der Waals surface area contributed by atoms with Gasteiger partial charge in [0.1, 0.15) is 0 Å². The smallest absolute Gasteiger partial charge is 0.226 e. The molecule has 0 spiro atoms. The average Bonchev–Trinajstić information content (AvgIpc) is 2.58. The molecule has 0 saturated carbocycles. The van der Waals surface area contributed by atoms with Crippen LogP contribution in [-0.4, -0.2) is 17.4 Å². The Hall–Kier alpha value is -3.02. The molecule has 0 aliphatic carbocycles. The van der Waals surface area contributed by atoms with Gasteiger partial charge in [-0.05, 0) is 24.3 Å². The number of hydrogen-bond donors (Lipinski definition) is 2. The maximum absolute atomic E-state index is 13.1. The van der Waals surface area contributed by atoms with Gasteiger partial charge in [-0.25, -0.2) is 8.78 Å². The first-order chi connectivity index (χ1) is 11.6.